The zero-order valence-corrected chi connectivity index (χ0v) is 15.5. The third-order valence-corrected chi connectivity index (χ3v) is 5.17. The summed E-state index contributed by atoms with van der Waals surface area (Å²) in [6.45, 7) is 2.45. The van der Waals surface area contributed by atoms with Crippen LogP contribution in [0.2, 0.25) is 0 Å². The monoisotopic (exact) mass is 374 g/mol. The Hall–Kier alpha value is -2.42. The number of benzene rings is 1. The maximum absolute atomic E-state index is 12.2. The van der Waals surface area contributed by atoms with Gasteiger partial charge in [0.1, 0.15) is 0 Å². The normalized spacial score (nSPS) is 14.3. The lowest BCUT2D eigenvalue weighted by molar-refractivity contribution is -0.113. The highest BCUT2D eigenvalue weighted by Gasteiger charge is 2.22. The van der Waals surface area contributed by atoms with E-state index in [4.69, 9.17) is 0 Å². The molecule has 1 aliphatic rings. The second-order valence-electron chi connectivity index (χ2n) is 6.12. The fourth-order valence-electron chi connectivity index (χ4n) is 2.95. The van der Waals surface area contributed by atoms with E-state index < -0.39 is 0 Å². The highest BCUT2D eigenvalue weighted by molar-refractivity contribution is 7.99. The summed E-state index contributed by atoms with van der Waals surface area (Å²) in [5.74, 6) is -0.0352. The molecule has 138 valence electrons. The van der Waals surface area contributed by atoms with Gasteiger partial charge in [0, 0.05) is 17.8 Å². The van der Waals surface area contributed by atoms with Crippen molar-refractivity contribution in [1.82, 2.24) is 25.5 Å². The van der Waals surface area contributed by atoms with Gasteiger partial charge in [0.05, 0.1) is 11.8 Å². The number of nitrogens with zero attached hydrogens (tertiary/aromatic N) is 4. The molecule has 0 radical (unpaired) electrons. The fraction of sp³-hybridized carbons (Fsp3) is 0.471. The number of tetrazole rings is 1. The summed E-state index contributed by atoms with van der Waals surface area (Å²) in [4.78, 5) is 23.9. The molecule has 2 aromatic rings. The fourth-order valence-corrected chi connectivity index (χ4v) is 3.70. The van der Waals surface area contributed by atoms with Gasteiger partial charge in [0.2, 0.25) is 11.1 Å². The molecule has 2 N–H and O–H groups in total. The molecule has 3 rings (SSSR count). The lowest BCUT2D eigenvalue weighted by Gasteiger charge is -2.10. The van der Waals surface area contributed by atoms with Crippen LogP contribution in [0.25, 0.3) is 0 Å². The van der Waals surface area contributed by atoms with Gasteiger partial charge in [-0.05, 0) is 54.5 Å². The molecule has 0 atom stereocenters. The molecule has 0 spiro atoms. The Morgan fingerprint density at radius 2 is 1.96 bits per heavy atom. The van der Waals surface area contributed by atoms with E-state index >= 15 is 0 Å². The lowest BCUT2D eigenvalue weighted by atomic mass is 10.2. The van der Waals surface area contributed by atoms with Crippen molar-refractivity contribution >= 4 is 29.3 Å². The SMILES string of the molecule is CCNC(=O)c1ccc(NC(=O)CSc2nnnn2C2CCCC2)cc1. The first kappa shape index (κ1) is 18.4. The van der Waals surface area contributed by atoms with E-state index in [1.807, 2.05) is 11.6 Å². The number of thioether (sulfide) groups is 1. The average Bonchev–Trinajstić information content (AvgIpc) is 3.32. The van der Waals surface area contributed by atoms with E-state index in [0.29, 0.717) is 29.0 Å². The standard InChI is InChI=1S/C17H22N6O2S/c1-2-18-16(25)12-7-9-13(10-8-12)19-15(24)11-26-17-20-21-22-23(17)14-5-3-4-6-14/h7-10,14H,2-6,11H2,1H3,(H,18,25)(H,19,24). The predicted octanol–water partition coefficient (Wildman–Crippen LogP) is 2.27. The molecule has 0 unspecified atom stereocenters. The minimum atomic E-state index is -0.137. The van der Waals surface area contributed by atoms with E-state index in [2.05, 4.69) is 26.2 Å². The van der Waals surface area contributed by atoms with Crippen molar-refractivity contribution in [1.29, 1.82) is 0 Å². The van der Waals surface area contributed by atoms with Crippen LogP contribution in [0.1, 0.15) is 49.0 Å². The Labute approximate surface area is 156 Å². The van der Waals surface area contributed by atoms with Crippen LogP contribution in [0.4, 0.5) is 5.69 Å². The van der Waals surface area contributed by atoms with Gasteiger partial charge in [-0.1, -0.05) is 24.6 Å². The topological polar surface area (TPSA) is 102 Å². The van der Waals surface area contributed by atoms with E-state index in [1.165, 1.54) is 24.6 Å². The largest absolute Gasteiger partial charge is 0.352 e. The maximum atomic E-state index is 12.2. The first-order valence-electron chi connectivity index (χ1n) is 8.76. The van der Waals surface area contributed by atoms with Crippen molar-refractivity contribution in [2.24, 2.45) is 0 Å². The van der Waals surface area contributed by atoms with Crippen molar-refractivity contribution in [3.05, 3.63) is 29.8 Å². The number of nitrogens with one attached hydrogen (secondary N) is 2. The summed E-state index contributed by atoms with van der Waals surface area (Å²) in [5, 5.41) is 18.1. The summed E-state index contributed by atoms with van der Waals surface area (Å²) < 4.78 is 1.84. The van der Waals surface area contributed by atoms with Crippen LogP contribution in [0.3, 0.4) is 0 Å². The molecule has 9 heteroatoms. The number of aromatic nitrogens is 4. The summed E-state index contributed by atoms with van der Waals surface area (Å²) >= 11 is 1.33. The molecular weight excluding hydrogens is 352 g/mol. The highest BCUT2D eigenvalue weighted by atomic mass is 32.2. The van der Waals surface area contributed by atoms with E-state index in [0.717, 1.165) is 12.8 Å². The molecule has 1 heterocycles. The Balaban J connectivity index is 1.52. The second-order valence-corrected chi connectivity index (χ2v) is 7.06. The molecule has 1 saturated carbocycles. The maximum Gasteiger partial charge on any atom is 0.251 e. The number of carbonyl (C=O) groups is 2. The van der Waals surface area contributed by atoms with Crippen LogP contribution in [-0.4, -0.2) is 44.3 Å². The Morgan fingerprint density at radius 1 is 1.23 bits per heavy atom. The van der Waals surface area contributed by atoms with Crippen LogP contribution < -0.4 is 10.6 Å². The van der Waals surface area contributed by atoms with E-state index in [-0.39, 0.29) is 17.6 Å². The number of anilines is 1. The minimum Gasteiger partial charge on any atom is -0.352 e. The van der Waals surface area contributed by atoms with Crippen LogP contribution in [0.5, 0.6) is 0 Å². The van der Waals surface area contributed by atoms with Gasteiger partial charge in [-0.2, -0.15) is 0 Å². The molecular formula is C17H22N6O2S. The second kappa shape index (κ2) is 8.79. The van der Waals surface area contributed by atoms with Crippen molar-refractivity contribution in [2.75, 3.05) is 17.6 Å². The van der Waals surface area contributed by atoms with Crippen molar-refractivity contribution in [2.45, 2.75) is 43.8 Å². The molecule has 26 heavy (non-hydrogen) atoms. The van der Waals surface area contributed by atoms with Gasteiger partial charge in [0.25, 0.3) is 5.91 Å². The third-order valence-electron chi connectivity index (χ3n) is 4.23. The van der Waals surface area contributed by atoms with Gasteiger partial charge in [-0.3, -0.25) is 9.59 Å². The van der Waals surface area contributed by atoms with Gasteiger partial charge in [-0.25, -0.2) is 4.68 Å². The first-order chi connectivity index (χ1) is 12.7. The Kier molecular flexibility index (Phi) is 6.21. The predicted molar refractivity (Wildman–Crippen MR) is 99.1 cm³/mol. The summed E-state index contributed by atoms with van der Waals surface area (Å²) in [6.07, 6.45) is 4.56. The van der Waals surface area contributed by atoms with Crippen molar-refractivity contribution in [3.8, 4) is 0 Å². The van der Waals surface area contributed by atoms with Crippen LogP contribution >= 0.6 is 11.8 Å². The molecule has 8 nitrogen and oxygen atoms in total. The number of carbonyl (C=O) groups excluding carboxylic acids is 2. The van der Waals surface area contributed by atoms with Gasteiger partial charge < -0.3 is 10.6 Å². The molecule has 1 aliphatic carbocycles. The summed E-state index contributed by atoms with van der Waals surface area (Å²) in [7, 11) is 0. The zero-order valence-electron chi connectivity index (χ0n) is 14.6. The molecule has 0 bridgehead atoms. The van der Waals surface area contributed by atoms with Crippen LogP contribution in [0.15, 0.2) is 29.4 Å². The summed E-state index contributed by atoms with van der Waals surface area (Å²) in [5.41, 5.74) is 1.22. The lowest BCUT2D eigenvalue weighted by Crippen LogP contribution is -2.22. The highest BCUT2D eigenvalue weighted by Crippen LogP contribution is 2.31. The molecule has 1 aromatic heterocycles. The number of hydrogen-bond donors (Lipinski definition) is 2. The number of hydrogen-bond acceptors (Lipinski definition) is 6. The Morgan fingerprint density at radius 3 is 2.65 bits per heavy atom. The minimum absolute atomic E-state index is 0.125. The van der Waals surface area contributed by atoms with Gasteiger partial charge >= 0.3 is 0 Å². The van der Waals surface area contributed by atoms with Crippen LogP contribution in [-0.2, 0) is 4.79 Å². The average molecular weight is 374 g/mol. The molecule has 1 fully saturated rings. The first-order valence-corrected chi connectivity index (χ1v) is 9.74. The summed E-state index contributed by atoms with van der Waals surface area (Å²) in [6, 6.07) is 7.16. The molecule has 0 saturated heterocycles. The molecule has 0 aliphatic heterocycles. The molecule has 1 aromatic carbocycles. The van der Waals surface area contributed by atoms with E-state index in [9.17, 15) is 9.59 Å². The van der Waals surface area contributed by atoms with Crippen LogP contribution in [0, 0.1) is 0 Å². The van der Waals surface area contributed by atoms with E-state index in [1.54, 1.807) is 24.3 Å². The van der Waals surface area contributed by atoms with Gasteiger partial charge in [0.15, 0.2) is 0 Å². The third kappa shape index (κ3) is 4.60. The zero-order chi connectivity index (χ0) is 18.4. The number of amides is 2. The Bertz CT molecular complexity index is 755. The quantitative estimate of drug-likeness (QED) is 0.721. The molecule has 2 amide bonds. The van der Waals surface area contributed by atoms with Gasteiger partial charge in [-0.15, -0.1) is 5.10 Å². The number of rotatable bonds is 7. The van der Waals surface area contributed by atoms with Crippen molar-refractivity contribution < 1.29 is 9.59 Å². The van der Waals surface area contributed by atoms with Crippen molar-refractivity contribution in [3.63, 3.8) is 0 Å². The smallest absolute Gasteiger partial charge is 0.251 e.